The van der Waals surface area contributed by atoms with Gasteiger partial charge in [0, 0.05) is 17.7 Å². The molecule has 0 aromatic heterocycles. The second-order valence-corrected chi connectivity index (χ2v) is 6.72. The van der Waals surface area contributed by atoms with Gasteiger partial charge in [0.25, 0.3) is 5.91 Å². The molecular formula is C21H25ClN2O3. The molecule has 2 amide bonds. The van der Waals surface area contributed by atoms with Crippen molar-refractivity contribution in [2.45, 2.75) is 46.1 Å². The molecule has 0 bridgehead atoms. The van der Waals surface area contributed by atoms with Crippen molar-refractivity contribution < 1.29 is 14.3 Å². The summed E-state index contributed by atoms with van der Waals surface area (Å²) in [7, 11) is 0. The molecule has 0 aliphatic carbocycles. The van der Waals surface area contributed by atoms with Gasteiger partial charge < -0.3 is 15.4 Å². The topological polar surface area (TPSA) is 67.4 Å². The molecule has 0 spiro atoms. The summed E-state index contributed by atoms with van der Waals surface area (Å²) >= 11 is 6.18. The fourth-order valence-corrected chi connectivity index (χ4v) is 2.51. The van der Waals surface area contributed by atoms with E-state index in [1.54, 1.807) is 42.5 Å². The monoisotopic (exact) mass is 388 g/mol. The first-order valence-electron chi connectivity index (χ1n) is 9.10. The lowest BCUT2D eigenvalue weighted by Gasteiger charge is -2.13. The lowest BCUT2D eigenvalue weighted by molar-refractivity contribution is -0.116. The molecule has 2 rings (SSSR count). The van der Waals surface area contributed by atoms with Crippen LogP contribution < -0.4 is 15.4 Å². The Bertz CT molecular complexity index is 791. The molecule has 144 valence electrons. The zero-order valence-corrected chi connectivity index (χ0v) is 16.6. The summed E-state index contributed by atoms with van der Waals surface area (Å²) < 4.78 is 5.72. The van der Waals surface area contributed by atoms with Gasteiger partial charge in [0.2, 0.25) is 5.91 Å². The summed E-state index contributed by atoms with van der Waals surface area (Å²) in [5, 5.41) is 5.97. The maximum atomic E-state index is 12.5. The number of carbonyl (C=O) groups is 2. The second-order valence-electron chi connectivity index (χ2n) is 6.31. The van der Waals surface area contributed by atoms with Gasteiger partial charge >= 0.3 is 0 Å². The van der Waals surface area contributed by atoms with Gasteiger partial charge in [0.15, 0.2) is 0 Å². The predicted octanol–water partition coefficient (Wildman–Crippen LogP) is 5.51. The van der Waals surface area contributed by atoms with Crippen molar-refractivity contribution in [1.29, 1.82) is 0 Å². The van der Waals surface area contributed by atoms with Crippen LogP contribution in [-0.2, 0) is 4.79 Å². The van der Waals surface area contributed by atoms with Crippen molar-refractivity contribution in [3.8, 4) is 5.75 Å². The van der Waals surface area contributed by atoms with Crippen LogP contribution in [0.3, 0.4) is 0 Å². The van der Waals surface area contributed by atoms with Gasteiger partial charge in [-0.2, -0.15) is 0 Å². The number of ether oxygens (including phenoxy) is 1. The van der Waals surface area contributed by atoms with Crippen molar-refractivity contribution in [3.63, 3.8) is 0 Å². The molecule has 2 N–H and O–H groups in total. The maximum Gasteiger partial charge on any atom is 0.255 e. The van der Waals surface area contributed by atoms with E-state index in [9.17, 15) is 9.59 Å². The van der Waals surface area contributed by atoms with Crippen LogP contribution in [0.5, 0.6) is 5.75 Å². The molecule has 1 atom stereocenters. The molecule has 0 radical (unpaired) electrons. The van der Waals surface area contributed by atoms with Crippen molar-refractivity contribution in [2.75, 3.05) is 10.6 Å². The standard InChI is InChI=1S/C21H25ClN2O3/c1-4-6-20(25)23-16-9-12-18(22)19(13-16)24-21(26)15-7-10-17(11-8-15)27-14(3)5-2/h7-14H,4-6H2,1-3H3,(H,23,25)(H,24,26)/t14-/m0/s1. The zero-order valence-electron chi connectivity index (χ0n) is 15.8. The highest BCUT2D eigenvalue weighted by Gasteiger charge is 2.11. The second kappa shape index (κ2) is 9.97. The van der Waals surface area contributed by atoms with Crippen molar-refractivity contribution in [1.82, 2.24) is 0 Å². The van der Waals surface area contributed by atoms with Gasteiger partial charge in [-0.25, -0.2) is 0 Å². The first-order valence-corrected chi connectivity index (χ1v) is 9.48. The molecule has 0 saturated heterocycles. The first-order chi connectivity index (χ1) is 12.9. The van der Waals surface area contributed by atoms with Crippen LogP contribution >= 0.6 is 11.6 Å². The van der Waals surface area contributed by atoms with Crippen molar-refractivity contribution >= 4 is 34.8 Å². The smallest absolute Gasteiger partial charge is 0.255 e. The van der Waals surface area contributed by atoms with Crippen LogP contribution in [0.15, 0.2) is 42.5 Å². The molecular weight excluding hydrogens is 364 g/mol. The minimum absolute atomic E-state index is 0.0750. The Morgan fingerprint density at radius 2 is 1.78 bits per heavy atom. The zero-order chi connectivity index (χ0) is 19.8. The average Bonchev–Trinajstić information content (AvgIpc) is 2.65. The van der Waals surface area contributed by atoms with Crippen molar-refractivity contribution in [2.24, 2.45) is 0 Å². The van der Waals surface area contributed by atoms with E-state index in [0.29, 0.717) is 28.4 Å². The quantitative estimate of drug-likeness (QED) is 0.626. The molecule has 5 nitrogen and oxygen atoms in total. The van der Waals surface area contributed by atoms with E-state index < -0.39 is 0 Å². The average molecular weight is 389 g/mol. The summed E-state index contributed by atoms with van der Waals surface area (Å²) in [5.41, 5.74) is 1.52. The number of amides is 2. The molecule has 2 aromatic carbocycles. The number of anilines is 2. The van der Waals surface area contributed by atoms with Crippen LogP contribution in [0.2, 0.25) is 5.02 Å². The lowest BCUT2D eigenvalue weighted by Crippen LogP contribution is -2.14. The molecule has 0 unspecified atom stereocenters. The van der Waals surface area contributed by atoms with Gasteiger partial charge in [0.05, 0.1) is 16.8 Å². The van der Waals surface area contributed by atoms with Crippen LogP contribution in [0.25, 0.3) is 0 Å². The third kappa shape index (κ3) is 6.29. The SMILES string of the molecule is CCCC(=O)Nc1ccc(Cl)c(NC(=O)c2ccc(O[C@@H](C)CC)cc2)c1. The number of rotatable bonds is 8. The maximum absolute atomic E-state index is 12.5. The fourth-order valence-electron chi connectivity index (χ4n) is 2.34. The van der Waals surface area contributed by atoms with E-state index in [1.807, 2.05) is 13.8 Å². The molecule has 27 heavy (non-hydrogen) atoms. The molecule has 6 heteroatoms. The summed E-state index contributed by atoms with van der Waals surface area (Å²) in [5.74, 6) is 0.359. The summed E-state index contributed by atoms with van der Waals surface area (Å²) in [6, 6.07) is 11.9. The highest BCUT2D eigenvalue weighted by Crippen LogP contribution is 2.26. The van der Waals surface area contributed by atoms with Crippen LogP contribution in [0, 0.1) is 0 Å². The summed E-state index contributed by atoms with van der Waals surface area (Å²) in [6.45, 7) is 5.98. The van der Waals surface area contributed by atoms with E-state index in [-0.39, 0.29) is 17.9 Å². The molecule has 0 saturated carbocycles. The minimum atomic E-state index is -0.288. The number of halogens is 1. The molecule has 0 heterocycles. The third-order valence-corrected chi connectivity index (χ3v) is 4.33. The Balaban J connectivity index is 2.07. The Morgan fingerprint density at radius 1 is 1.07 bits per heavy atom. The third-order valence-electron chi connectivity index (χ3n) is 4.00. The fraction of sp³-hybridized carbons (Fsp3) is 0.333. The number of hydrogen-bond acceptors (Lipinski definition) is 3. The minimum Gasteiger partial charge on any atom is -0.491 e. The van der Waals surface area contributed by atoms with E-state index in [2.05, 4.69) is 17.6 Å². The molecule has 0 fully saturated rings. The van der Waals surface area contributed by atoms with Gasteiger partial charge in [-0.3, -0.25) is 9.59 Å². The van der Waals surface area contributed by atoms with Gasteiger partial charge in [-0.1, -0.05) is 25.4 Å². The van der Waals surface area contributed by atoms with Gasteiger partial charge in [-0.15, -0.1) is 0 Å². The summed E-state index contributed by atoms with van der Waals surface area (Å²) in [4.78, 5) is 24.2. The molecule has 2 aromatic rings. The lowest BCUT2D eigenvalue weighted by atomic mass is 10.2. The molecule has 0 aliphatic rings. The number of carbonyl (C=O) groups excluding carboxylic acids is 2. The normalized spacial score (nSPS) is 11.6. The van der Waals surface area contributed by atoms with Gasteiger partial charge in [-0.05, 0) is 62.2 Å². The van der Waals surface area contributed by atoms with Crippen LogP contribution in [-0.4, -0.2) is 17.9 Å². The highest BCUT2D eigenvalue weighted by atomic mass is 35.5. The highest BCUT2D eigenvalue weighted by molar-refractivity contribution is 6.34. The number of nitrogens with one attached hydrogen (secondary N) is 2. The van der Waals surface area contributed by atoms with Crippen LogP contribution in [0.4, 0.5) is 11.4 Å². The Morgan fingerprint density at radius 3 is 2.41 bits per heavy atom. The Labute approximate surface area is 165 Å². The summed E-state index contributed by atoms with van der Waals surface area (Å²) in [6.07, 6.45) is 2.23. The van der Waals surface area contributed by atoms with Crippen LogP contribution in [0.1, 0.15) is 50.4 Å². The predicted molar refractivity (Wildman–Crippen MR) is 110 cm³/mol. The van der Waals surface area contributed by atoms with E-state index in [4.69, 9.17) is 16.3 Å². The number of hydrogen-bond donors (Lipinski definition) is 2. The van der Waals surface area contributed by atoms with E-state index in [1.165, 1.54) is 0 Å². The Kier molecular flexibility index (Phi) is 7.67. The van der Waals surface area contributed by atoms with E-state index in [0.717, 1.165) is 18.6 Å². The van der Waals surface area contributed by atoms with Crippen molar-refractivity contribution in [3.05, 3.63) is 53.1 Å². The largest absolute Gasteiger partial charge is 0.491 e. The van der Waals surface area contributed by atoms with Gasteiger partial charge in [0.1, 0.15) is 5.75 Å². The molecule has 0 aliphatic heterocycles. The Hall–Kier alpha value is -2.53. The number of benzene rings is 2. The van der Waals surface area contributed by atoms with E-state index >= 15 is 0 Å². The first kappa shape index (κ1) is 20.8.